The molecule has 1 aromatic heterocycles. The first kappa shape index (κ1) is 8.97. The van der Waals surface area contributed by atoms with Gasteiger partial charge in [0.2, 0.25) is 0 Å². The molecule has 2 rings (SSSR count). The lowest BCUT2D eigenvalue weighted by Crippen LogP contribution is -2.25. The van der Waals surface area contributed by atoms with Gasteiger partial charge in [-0.05, 0) is 12.2 Å². The van der Waals surface area contributed by atoms with Crippen LogP contribution in [0.5, 0.6) is 0 Å². The Labute approximate surface area is 82.7 Å². The number of nitrogens with one attached hydrogen (secondary N) is 1. The van der Waals surface area contributed by atoms with Gasteiger partial charge in [-0.2, -0.15) is 0 Å². The Balaban J connectivity index is 2.37. The molecule has 0 aromatic carbocycles. The van der Waals surface area contributed by atoms with Crippen LogP contribution in [0.3, 0.4) is 0 Å². The second-order valence-electron chi connectivity index (χ2n) is 4.19. The van der Waals surface area contributed by atoms with E-state index in [2.05, 4.69) is 23.4 Å². The molecule has 0 amide bonds. The fraction of sp³-hybridized carbons (Fsp3) is 0.667. The van der Waals surface area contributed by atoms with Gasteiger partial charge in [-0.3, -0.25) is 0 Å². The fourth-order valence-corrected chi connectivity index (χ4v) is 2.04. The van der Waals surface area contributed by atoms with Gasteiger partial charge in [0.1, 0.15) is 0 Å². The molecule has 1 aromatic rings. The van der Waals surface area contributed by atoms with Crippen LogP contribution in [0.2, 0.25) is 0 Å². The van der Waals surface area contributed by atoms with Gasteiger partial charge in [-0.25, -0.2) is 0 Å². The molecule has 1 aliphatic rings. The molecule has 3 nitrogen and oxygen atoms in total. The van der Waals surface area contributed by atoms with Gasteiger partial charge in [-0.1, -0.05) is 13.8 Å². The van der Waals surface area contributed by atoms with Crippen LogP contribution in [-0.4, -0.2) is 22.8 Å². The summed E-state index contributed by atoms with van der Waals surface area (Å²) in [5.41, 5.74) is 0.181. The van der Waals surface area contributed by atoms with Crippen LogP contribution in [0.4, 0.5) is 0 Å². The molecule has 1 unspecified atom stereocenters. The van der Waals surface area contributed by atoms with E-state index >= 15 is 0 Å². The van der Waals surface area contributed by atoms with Crippen molar-refractivity contribution in [2.75, 3.05) is 13.2 Å². The maximum absolute atomic E-state index is 5.47. The molecule has 1 saturated heterocycles. The molecule has 1 N–H and O–H groups in total. The van der Waals surface area contributed by atoms with Gasteiger partial charge < -0.3 is 14.3 Å². The fourth-order valence-electron chi connectivity index (χ4n) is 1.79. The minimum Gasteiger partial charge on any atom is -0.379 e. The number of H-pyrrole nitrogens is 1. The third kappa shape index (κ3) is 1.44. The zero-order chi connectivity index (χ0) is 9.47. The van der Waals surface area contributed by atoms with E-state index < -0.39 is 0 Å². The van der Waals surface area contributed by atoms with Crippen molar-refractivity contribution in [1.29, 1.82) is 0 Å². The number of ether oxygens (including phenoxy) is 1. The highest BCUT2D eigenvalue weighted by Crippen LogP contribution is 2.36. The summed E-state index contributed by atoms with van der Waals surface area (Å²) >= 11 is 5.18. The van der Waals surface area contributed by atoms with Gasteiger partial charge in [-0.15, -0.1) is 0 Å². The third-order valence-corrected chi connectivity index (χ3v) is 2.99. The second-order valence-corrected chi connectivity index (χ2v) is 4.58. The van der Waals surface area contributed by atoms with Crippen LogP contribution in [0.1, 0.15) is 19.9 Å². The highest BCUT2D eigenvalue weighted by Gasteiger charge is 2.36. The second kappa shape index (κ2) is 2.96. The topological polar surface area (TPSA) is 29.9 Å². The monoisotopic (exact) mass is 198 g/mol. The molecule has 1 fully saturated rings. The molecule has 1 atom stereocenters. The molecule has 1 aliphatic heterocycles. The van der Waals surface area contributed by atoms with E-state index in [1.165, 1.54) is 0 Å². The summed E-state index contributed by atoms with van der Waals surface area (Å²) in [6.07, 6.45) is 3.86. The molecule has 0 bridgehead atoms. The molecule has 0 spiro atoms. The Morgan fingerprint density at radius 2 is 2.46 bits per heavy atom. The molecule has 0 aliphatic carbocycles. The van der Waals surface area contributed by atoms with Crippen molar-refractivity contribution in [1.82, 2.24) is 9.55 Å². The quantitative estimate of drug-likeness (QED) is 0.701. The smallest absolute Gasteiger partial charge is 0.177 e. The van der Waals surface area contributed by atoms with Crippen molar-refractivity contribution in [2.45, 2.75) is 19.9 Å². The summed E-state index contributed by atoms with van der Waals surface area (Å²) in [5.74, 6) is 0. The van der Waals surface area contributed by atoms with Crippen LogP contribution in [0, 0.1) is 10.2 Å². The van der Waals surface area contributed by atoms with E-state index in [9.17, 15) is 0 Å². The Morgan fingerprint density at radius 3 is 2.92 bits per heavy atom. The number of aromatic amines is 1. The zero-order valence-corrected chi connectivity index (χ0v) is 8.73. The molecule has 0 saturated carbocycles. The normalized spacial score (nSPS) is 26.5. The summed E-state index contributed by atoms with van der Waals surface area (Å²) in [7, 11) is 0. The van der Waals surface area contributed by atoms with Crippen molar-refractivity contribution in [3.63, 3.8) is 0 Å². The lowest BCUT2D eigenvalue weighted by Gasteiger charge is -2.25. The van der Waals surface area contributed by atoms with E-state index in [0.717, 1.165) is 18.0 Å². The Bertz CT molecular complexity index is 352. The number of hydrogen-bond acceptors (Lipinski definition) is 2. The SMILES string of the molecule is CC1(C)COCC1n1cc[nH]c1=S. The van der Waals surface area contributed by atoms with E-state index in [4.69, 9.17) is 17.0 Å². The van der Waals surface area contributed by atoms with Crippen LogP contribution >= 0.6 is 12.2 Å². The first-order valence-electron chi connectivity index (χ1n) is 4.44. The van der Waals surface area contributed by atoms with Gasteiger partial charge in [0.25, 0.3) is 0 Å². The minimum atomic E-state index is 0.181. The number of hydrogen-bond donors (Lipinski definition) is 1. The largest absolute Gasteiger partial charge is 0.379 e. The molecule has 4 heteroatoms. The molecule has 13 heavy (non-hydrogen) atoms. The number of rotatable bonds is 1. The van der Waals surface area contributed by atoms with Gasteiger partial charge in [0.15, 0.2) is 4.77 Å². The van der Waals surface area contributed by atoms with E-state index in [1.807, 2.05) is 12.4 Å². The van der Waals surface area contributed by atoms with Crippen molar-refractivity contribution < 1.29 is 4.74 Å². The van der Waals surface area contributed by atoms with Gasteiger partial charge in [0, 0.05) is 17.8 Å². The molecule has 0 radical (unpaired) electrons. The first-order valence-corrected chi connectivity index (χ1v) is 4.85. The van der Waals surface area contributed by atoms with Gasteiger partial charge in [0.05, 0.1) is 19.3 Å². The summed E-state index contributed by atoms with van der Waals surface area (Å²) in [6, 6.07) is 0.367. The van der Waals surface area contributed by atoms with E-state index in [0.29, 0.717) is 6.04 Å². The summed E-state index contributed by atoms with van der Waals surface area (Å²) in [5, 5.41) is 0. The van der Waals surface area contributed by atoms with Crippen LogP contribution in [-0.2, 0) is 4.74 Å². The number of imidazole rings is 1. The van der Waals surface area contributed by atoms with Crippen LogP contribution in [0.25, 0.3) is 0 Å². The van der Waals surface area contributed by atoms with Crippen molar-refractivity contribution >= 4 is 12.2 Å². The molecule has 72 valence electrons. The maximum atomic E-state index is 5.47. The highest BCUT2D eigenvalue weighted by atomic mass is 32.1. The average Bonchev–Trinajstić information content (AvgIpc) is 2.56. The van der Waals surface area contributed by atoms with Crippen molar-refractivity contribution in [2.24, 2.45) is 5.41 Å². The lowest BCUT2D eigenvalue weighted by molar-refractivity contribution is 0.166. The number of nitrogens with zero attached hydrogens (tertiary/aromatic N) is 1. The number of aromatic nitrogens is 2. The highest BCUT2D eigenvalue weighted by molar-refractivity contribution is 7.71. The van der Waals surface area contributed by atoms with Gasteiger partial charge >= 0.3 is 0 Å². The van der Waals surface area contributed by atoms with Crippen LogP contribution in [0.15, 0.2) is 12.4 Å². The predicted octanol–water partition coefficient (Wildman–Crippen LogP) is 2.14. The molecule has 2 heterocycles. The average molecular weight is 198 g/mol. The third-order valence-electron chi connectivity index (χ3n) is 2.66. The first-order chi connectivity index (χ1) is 6.11. The summed E-state index contributed by atoms with van der Waals surface area (Å²) < 4.78 is 8.34. The zero-order valence-electron chi connectivity index (χ0n) is 7.91. The maximum Gasteiger partial charge on any atom is 0.177 e. The molecular formula is C9H14N2OS. The summed E-state index contributed by atoms with van der Waals surface area (Å²) in [4.78, 5) is 3.01. The minimum absolute atomic E-state index is 0.181. The van der Waals surface area contributed by atoms with Crippen LogP contribution < -0.4 is 0 Å². The standard InChI is InChI=1S/C9H14N2OS/c1-9(2)6-12-5-7(9)11-4-3-10-8(11)13/h3-4,7H,5-6H2,1-2H3,(H,10,13). The van der Waals surface area contributed by atoms with E-state index in [1.54, 1.807) is 0 Å². The van der Waals surface area contributed by atoms with Crippen molar-refractivity contribution in [3.05, 3.63) is 17.2 Å². The Morgan fingerprint density at radius 1 is 1.69 bits per heavy atom. The molecular weight excluding hydrogens is 184 g/mol. The Hall–Kier alpha value is -0.610. The lowest BCUT2D eigenvalue weighted by atomic mass is 9.88. The van der Waals surface area contributed by atoms with E-state index in [-0.39, 0.29) is 5.41 Å². The summed E-state index contributed by atoms with van der Waals surface area (Å²) in [6.45, 7) is 5.99. The predicted molar refractivity (Wildman–Crippen MR) is 53.3 cm³/mol. The Kier molecular flexibility index (Phi) is 2.04. The van der Waals surface area contributed by atoms with Crippen molar-refractivity contribution in [3.8, 4) is 0 Å².